The summed E-state index contributed by atoms with van der Waals surface area (Å²) in [5, 5.41) is 21.3. The molecule has 7 nitrogen and oxygen atoms in total. The molecule has 0 saturated carbocycles. The number of nitrogens with one attached hydrogen (secondary N) is 1. The van der Waals surface area contributed by atoms with Crippen LogP contribution in [0.15, 0.2) is 0 Å². The molecular formula is C12H22N2O5. The van der Waals surface area contributed by atoms with Crippen LogP contribution in [0.5, 0.6) is 0 Å². The molecule has 1 heterocycles. The summed E-state index contributed by atoms with van der Waals surface area (Å²) in [6.07, 6.45) is 0.942. The molecular weight excluding hydrogens is 252 g/mol. The first-order valence-corrected chi connectivity index (χ1v) is 6.46. The molecule has 110 valence electrons. The number of β-amino-alcohol motifs (C(OH)–C–C–N with tert-alkyl or cyclic N) is 1. The molecule has 1 aliphatic heterocycles. The van der Waals surface area contributed by atoms with Gasteiger partial charge in [-0.25, -0.2) is 9.59 Å². The first kappa shape index (κ1) is 15.7. The molecule has 0 spiro atoms. The van der Waals surface area contributed by atoms with E-state index in [-0.39, 0.29) is 19.0 Å². The predicted molar refractivity (Wildman–Crippen MR) is 67.9 cm³/mol. The van der Waals surface area contributed by atoms with E-state index in [0.717, 1.165) is 12.8 Å². The van der Waals surface area contributed by atoms with Gasteiger partial charge in [-0.15, -0.1) is 0 Å². The highest BCUT2D eigenvalue weighted by Crippen LogP contribution is 2.18. The third-order valence-electron chi connectivity index (χ3n) is 3.16. The van der Waals surface area contributed by atoms with E-state index in [0.29, 0.717) is 6.61 Å². The van der Waals surface area contributed by atoms with Gasteiger partial charge in [-0.2, -0.15) is 0 Å². The van der Waals surface area contributed by atoms with Crippen molar-refractivity contribution >= 4 is 12.0 Å². The summed E-state index contributed by atoms with van der Waals surface area (Å²) in [7, 11) is 1.55. The Balaban J connectivity index is 2.62. The minimum Gasteiger partial charge on any atom is -0.480 e. The molecule has 3 N–H and O–H groups in total. The Labute approximate surface area is 112 Å². The molecule has 0 bridgehead atoms. The summed E-state index contributed by atoms with van der Waals surface area (Å²) in [5.74, 6) is -1.09. The van der Waals surface area contributed by atoms with Gasteiger partial charge in [0, 0.05) is 20.1 Å². The number of likely N-dealkylation sites (tertiary alicyclic amines) is 1. The molecule has 1 aliphatic rings. The maximum Gasteiger partial charge on any atom is 0.326 e. The zero-order valence-corrected chi connectivity index (χ0v) is 11.3. The molecule has 1 fully saturated rings. The van der Waals surface area contributed by atoms with Gasteiger partial charge in [0.1, 0.15) is 6.04 Å². The summed E-state index contributed by atoms with van der Waals surface area (Å²) in [5.41, 5.74) is 0. The predicted octanol–water partition coefficient (Wildman–Crippen LogP) is 0.0309. The van der Waals surface area contributed by atoms with Gasteiger partial charge in [-0.05, 0) is 6.42 Å². The van der Waals surface area contributed by atoms with E-state index in [1.807, 2.05) is 6.92 Å². The van der Waals surface area contributed by atoms with Crippen molar-refractivity contribution in [3.05, 3.63) is 0 Å². The third-order valence-corrected chi connectivity index (χ3v) is 3.16. The number of aliphatic hydroxyl groups excluding tert-OH is 1. The van der Waals surface area contributed by atoms with Crippen molar-refractivity contribution in [2.75, 3.05) is 20.3 Å². The van der Waals surface area contributed by atoms with Crippen LogP contribution in [0.2, 0.25) is 0 Å². The lowest BCUT2D eigenvalue weighted by atomic mass is 10.2. The summed E-state index contributed by atoms with van der Waals surface area (Å²) < 4.78 is 5.02. The molecule has 1 saturated heterocycles. The fraction of sp³-hybridized carbons (Fsp3) is 0.833. The number of hydrogen-bond donors (Lipinski definition) is 3. The van der Waals surface area contributed by atoms with Crippen molar-refractivity contribution in [2.45, 2.75) is 44.4 Å². The van der Waals surface area contributed by atoms with Crippen molar-refractivity contribution in [3.8, 4) is 0 Å². The van der Waals surface area contributed by atoms with Crippen LogP contribution in [0.3, 0.4) is 0 Å². The van der Waals surface area contributed by atoms with Gasteiger partial charge in [-0.3, -0.25) is 0 Å². The summed E-state index contributed by atoms with van der Waals surface area (Å²) in [6.45, 7) is 2.43. The Hall–Kier alpha value is -1.34. The maximum atomic E-state index is 12.1. The van der Waals surface area contributed by atoms with Gasteiger partial charge in [0.2, 0.25) is 0 Å². The molecule has 2 amide bonds. The number of amides is 2. The number of carboxylic acids is 1. The minimum atomic E-state index is -1.09. The summed E-state index contributed by atoms with van der Waals surface area (Å²) in [6, 6.07) is -1.56. The number of carbonyl (C=O) groups is 2. The number of aliphatic hydroxyl groups is 1. The van der Waals surface area contributed by atoms with E-state index in [4.69, 9.17) is 9.84 Å². The molecule has 3 atom stereocenters. The van der Waals surface area contributed by atoms with Crippen LogP contribution in [0.25, 0.3) is 0 Å². The average molecular weight is 274 g/mol. The fourth-order valence-electron chi connectivity index (χ4n) is 2.28. The number of aliphatic carboxylic acids is 1. The Bertz CT molecular complexity index is 317. The Morgan fingerprint density at radius 3 is 2.74 bits per heavy atom. The number of rotatable bonds is 6. The summed E-state index contributed by atoms with van der Waals surface area (Å²) >= 11 is 0. The van der Waals surface area contributed by atoms with Crippen LogP contribution >= 0.6 is 0 Å². The molecule has 1 rings (SSSR count). The van der Waals surface area contributed by atoms with Gasteiger partial charge in [0.15, 0.2) is 0 Å². The molecule has 0 aromatic carbocycles. The highest BCUT2D eigenvalue weighted by molar-refractivity contribution is 5.83. The number of nitrogens with zero attached hydrogens (tertiary/aromatic N) is 1. The number of carbonyl (C=O) groups excluding carboxylic acids is 1. The first-order valence-electron chi connectivity index (χ1n) is 6.46. The number of carboxylic acid groups (broad SMARTS) is 1. The van der Waals surface area contributed by atoms with Gasteiger partial charge in [0.05, 0.1) is 18.8 Å². The highest BCUT2D eigenvalue weighted by atomic mass is 16.5. The van der Waals surface area contributed by atoms with Crippen LogP contribution < -0.4 is 5.32 Å². The van der Waals surface area contributed by atoms with E-state index < -0.39 is 24.1 Å². The third kappa shape index (κ3) is 4.36. The van der Waals surface area contributed by atoms with Gasteiger partial charge >= 0.3 is 12.0 Å². The SMILES string of the molecule is CCCC(COC)NC(=O)N1C[C@@H](O)C[C@H]1C(=O)O. The minimum absolute atomic E-state index is 0.0502. The molecule has 0 radical (unpaired) electrons. The molecule has 19 heavy (non-hydrogen) atoms. The van der Waals surface area contributed by atoms with Crippen LogP contribution in [0.1, 0.15) is 26.2 Å². The topological polar surface area (TPSA) is 99.1 Å². The van der Waals surface area contributed by atoms with Gasteiger partial charge in [-0.1, -0.05) is 13.3 Å². The van der Waals surface area contributed by atoms with Crippen molar-refractivity contribution in [2.24, 2.45) is 0 Å². The van der Waals surface area contributed by atoms with E-state index in [9.17, 15) is 14.7 Å². The zero-order chi connectivity index (χ0) is 14.4. The fourth-order valence-corrected chi connectivity index (χ4v) is 2.28. The van der Waals surface area contributed by atoms with Crippen LogP contribution in [-0.4, -0.2) is 65.6 Å². The van der Waals surface area contributed by atoms with Crippen molar-refractivity contribution in [1.29, 1.82) is 0 Å². The van der Waals surface area contributed by atoms with Crippen LogP contribution in [0.4, 0.5) is 4.79 Å². The van der Waals surface area contributed by atoms with E-state index in [2.05, 4.69) is 5.32 Å². The van der Waals surface area contributed by atoms with Gasteiger partial charge in [0.25, 0.3) is 0 Å². The van der Waals surface area contributed by atoms with Crippen molar-refractivity contribution in [3.63, 3.8) is 0 Å². The largest absolute Gasteiger partial charge is 0.480 e. The molecule has 7 heteroatoms. The average Bonchev–Trinajstić information content (AvgIpc) is 2.72. The number of methoxy groups -OCH3 is 1. The van der Waals surface area contributed by atoms with Gasteiger partial charge < -0.3 is 25.2 Å². The summed E-state index contributed by atoms with van der Waals surface area (Å²) in [4.78, 5) is 24.3. The lowest BCUT2D eigenvalue weighted by Gasteiger charge is -2.25. The zero-order valence-electron chi connectivity index (χ0n) is 11.3. The normalized spacial score (nSPS) is 24.3. The monoisotopic (exact) mass is 274 g/mol. The molecule has 0 aromatic heterocycles. The van der Waals surface area contributed by atoms with Crippen molar-refractivity contribution < 1.29 is 24.5 Å². The first-order chi connectivity index (χ1) is 8.99. The number of hydrogen-bond acceptors (Lipinski definition) is 4. The lowest BCUT2D eigenvalue weighted by molar-refractivity contribution is -0.141. The lowest BCUT2D eigenvalue weighted by Crippen LogP contribution is -2.50. The Kier molecular flexibility index (Phi) is 6.04. The molecule has 1 unspecified atom stereocenters. The van der Waals surface area contributed by atoms with E-state index >= 15 is 0 Å². The second-order valence-corrected chi connectivity index (χ2v) is 4.79. The maximum absolute atomic E-state index is 12.1. The second kappa shape index (κ2) is 7.30. The van der Waals surface area contributed by atoms with Crippen molar-refractivity contribution in [1.82, 2.24) is 10.2 Å². The number of ether oxygens (including phenoxy) is 1. The highest BCUT2D eigenvalue weighted by Gasteiger charge is 2.39. The number of urea groups is 1. The Morgan fingerprint density at radius 1 is 1.53 bits per heavy atom. The quantitative estimate of drug-likeness (QED) is 0.634. The molecule has 0 aliphatic carbocycles. The van der Waals surface area contributed by atoms with E-state index in [1.165, 1.54) is 4.90 Å². The smallest absolute Gasteiger partial charge is 0.326 e. The molecule has 0 aromatic rings. The van der Waals surface area contributed by atoms with Crippen LogP contribution in [0, 0.1) is 0 Å². The van der Waals surface area contributed by atoms with Crippen LogP contribution in [-0.2, 0) is 9.53 Å². The Morgan fingerprint density at radius 2 is 2.21 bits per heavy atom. The standard InChI is InChI=1S/C12H22N2O5/c1-3-4-8(7-19-2)13-12(18)14-6-9(15)5-10(14)11(16)17/h8-10,15H,3-7H2,1-2H3,(H,13,18)(H,16,17)/t8?,9-,10-/m0/s1. The second-order valence-electron chi connectivity index (χ2n) is 4.79. The van der Waals surface area contributed by atoms with E-state index in [1.54, 1.807) is 7.11 Å².